The number of benzene rings is 1. The average molecular weight is 234 g/mol. The first kappa shape index (κ1) is 10.9. The number of aliphatic hydroxyl groups is 1. The lowest BCUT2D eigenvalue weighted by Gasteiger charge is -2.01. The van der Waals surface area contributed by atoms with Crippen LogP contribution in [0.4, 0.5) is 4.39 Å². The average Bonchev–Trinajstić information content (AvgIpc) is 2.83. The minimum Gasteiger partial charge on any atom is -0.513 e. The standard InChI is InChI=1S/C13H11FOS/c14-12(9-15)8-10-3-5-11(6-4-10)13-2-1-7-16-13/h1-7,9,15H,8H2/b12-9-. The van der Waals surface area contributed by atoms with Crippen molar-refractivity contribution in [2.45, 2.75) is 6.42 Å². The molecule has 0 saturated heterocycles. The van der Waals surface area contributed by atoms with E-state index in [4.69, 9.17) is 5.11 Å². The van der Waals surface area contributed by atoms with E-state index in [-0.39, 0.29) is 6.42 Å². The number of halogens is 1. The molecule has 2 aromatic rings. The molecule has 3 heteroatoms. The van der Waals surface area contributed by atoms with Crippen molar-refractivity contribution in [3.05, 3.63) is 59.4 Å². The van der Waals surface area contributed by atoms with Crippen molar-refractivity contribution in [1.29, 1.82) is 0 Å². The van der Waals surface area contributed by atoms with Crippen molar-refractivity contribution in [3.8, 4) is 10.4 Å². The number of allylic oxidation sites excluding steroid dienone is 1. The predicted octanol–water partition coefficient (Wildman–Crippen LogP) is 4.33. The Bertz CT molecular complexity index is 471. The van der Waals surface area contributed by atoms with Gasteiger partial charge >= 0.3 is 0 Å². The Morgan fingerprint density at radius 3 is 2.56 bits per heavy atom. The van der Waals surface area contributed by atoms with E-state index in [0.717, 1.165) is 11.1 Å². The first-order chi connectivity index (χ1) is 7.79. The molecule has 16 heavy (non-hydrogen) atoms. The highest BCUT2D eigenvalue weighted by atomic mass is 32.1. The van der Waals surface area contributed by atoms with Gasteiger partial charge in [0, 0.05) is 11.3 Å². The molecule has 1 N–H and O–H groups in total. The van der Waals surface area contributed by atoms with Crippen LogP contribution in [-0.4, -0.2) is 5.11 Å². The van der Waals surface area contributed by atoms with Crippen molar-refractivity contribution in [2.24, 2.45) is 0 Å². The zero-order valence-corrected chi connectivity index (χ0v) is 9.38. The van der Waals surface area contributed by atoms with Gasteiger partial charge in [0.25, 0.3) is 0 Å². The van der Waals surface area contributed by atoms with Gasteiger partial charge in [-0.1, -0.05) is 30.3 Å². The summed E-state index contributed by atoms with van der Waals surface area (Å²) >= 11 is 1.67. The van der Waals surface area contributed by atoms with Crippen LogP contribution in [0.3, 0.4) is 0 Å². The summed E-state index contributed by atoms with van der Waals surface area (Å²) in [7, 11) is 0. The fraction of sp³-hybridized carbons (Fsp3) is 0.0769. The van der Waals surface area contributed by atoms with Crippen LogP contribution >= 0.6 is 11.3 Å². The summed E-state index contributed by atoms with van der Waals surface area (Å²) in [5.41, 5.74) is 1.98. The monoisotopic (exact) mass is 234 g/mol. The Morgan fingerprint density at radius 2 is 2.00 bits per heavy atom. The Hall–Kier alpha value is -1.61. The van der Waals surface area contributed by atoms with Gasteiger partial charge in [0.1, 0.15) is 12.1 Å². The summed E-state index contributed by atoms with van der Waals surface area (Å²) in [6.45, 7) is 0. The second-order valence-electron chi connectivity index (χ2n) is 3.43. The quantitative estimate of drug-likeness (QED) is 0.784. The topological polar surface area (TPSA) is 20.2 Å². The first-order valence-electron chi connectivity index (χ1n) is 4.91. The molecule has 1 aromatic heterocycles. The fourth-order valence-corrected chi connectivity index (χ4v) is 2.20. The number of rotatable bonds is 3. The van der Waals surface area contributed by atoms with E-state index in [1.807, 2.05) is 41.8 Å². The maximum Gasteiger partial charge on any atom is 0.138 e. The maximum absolute atomic E-state index is 12.8. The fourth-order valence-electron chi connectivity index (χ4n) is 1.47. The maximum atomic E-state index is 12.8. The lowest BCUT2D eigenvalue weighted by Crippen LogP contribution is -1.85. The van der Waals surface area contributed by atoms with Crippen molar-refractivity contribution >= 4 is 11.3 Å². The van der Waals surface area contributed by atoms with E-state index >= 15 is 0 Å². The summed E-state index contributed by atoms with van der Waals surface area (Å²) in [6, 6.07) is 11.7. The summed E-state index contributed by atoms with van der Waals surface area (Å²) in [5, 5.41) is 10.5. The van der Waals surface area contributed by atoms with E-state index < -0.39 is 5.83 Å². The van der Waals surface area contributed by atoms with E-state index in [1.165, 1.54) is 4.88 Å². The number of aliphatic hydroxyl groups excluding tert-OH is 1. The molecule has 82 valence electrons. The van der Waals surface area contributed by atoms with E-state index in [0.29, 0.717) is 6.26 Å². The smallest absolute Gasteiger partial charge is 0.138 e. The molecule has 0 radical (unpaired) electrons. The van der Waals surface area contributed by atoms with Gasteiger partial charge < -0.3 is 5.11 Å². The number of thiophene rings is 1. The minimum absolute atomic E-state index is 0.140. The molecule has 1 aromatic carbocycles. The Labute approximate surface area is 97.5 Å². The van der Waals surface area contributed by atoms with Crippen LogP contribution in [0.15, 0.2) is 53.9 Å². The van der Waals surface area contributed by atoms with Gasteiger partial charge in [0.05, 0.1) is 0 Å². The largest absolute Gasteiger partial charge is 0.513 e. The zero-order valence-electron chi connectivity index (χ0n) is 8.56. The van der Waals surface area contributed by atoms with Gasteiger partial charge in [-0.25, -0.2) is 4.39 Å². The molecule has 0 spiro atoms. The van der Waals surface area contributed by atoms with E-state index in [1.54, 1.807) is 11.3 Å². The third-order valence-corrected chi connectivity index (χ3v) is 3.19. The van der Waals surface area contributed by atoms with Gasteiger partial charge in [0.15, 0.2) is 0 Å². The second-order valence-corrected chi connectivity index (χ2v) is 4.37. The van der Waals surface area contributed by atoms with Gasteiger partial charge in [-0.05, 0) is 22.6 Å². The highest BCUT2D eigenvalue weighted by molar-refractivity contribution is 7.13. The Balaban J connectivity index is 2.17. The van der Waals surface area contributed by atoms with Crippen molar-refractivity contribution in [2.75, 3.05) is 0 Å². The van der Waals surface area contributed by atoms with Crippen molar-refractivity contribution in [3.63, 3.8) is 0 Å². The van der Waals surface area contributed by atoms with E-state index in [9.17, 15) is 4.39 Å². The molecule has 0 amide bonds. The van der Waals surface area contributed by atoms with Gasteiger partial charge in [-0.2, -0.15) is 0 Å². The van der Waals surface area contributed by atoms with Crippen molar-refractivity contribution in [1.82, 2.24) is 0 Å². The number of hydrogen-bond acceptors (Lipinski definition) is 2. The van der Waals surface area contributed by atoms with Crippen molar-refractivity contribution < 1.29 is 9.50 Å². The normalized spacial score (nSPS) is 11.7. The highest BCUT2D eigenvalue weighted by Crippen LogP contribution is 2.25. The molecule has 0 aliphatic heterocycles. The van der Waals surface area contributed by atoms with Crippen LogP contribution in [0.1, 0.15) is 5.56 Å². The van der Waals surface area contributed by atoms with Gasteiger partial charge in [-0.3, -0.25) is 0 Å². The lowest BCUT2D eigenvalue weighted by molar-refractivity contribution is 0.435. The molecule has 0 aliphatic rings. The summed E-state index contributed by atoms with van der Waals surface area (Å²) in [4.78, 5) is 1.20. The van der Waals surface area contributed by atoms with Crippen LogP contribution in [0.5, 0.6) is 0 Å². The highest BCUT2D eigenvalue weighted by Gasteiger charge is 2.01. The molecular formula is C13H11FOS. The molecule has 0 unspecified atom stereocenters. The van der Waals surface area contributed by atoms with Crippen LogP contribution in [0.25, 0.3) is 10.4 Å². The lowest BCUT2D eigenvalue weighted by atomic mass is 10.1. The predicted molar refractivity (Wildman–Crippen MR) is 65.3 cm³/mol. The molecular weight excluding hydrogens is 223 g/mol. The molecule has 0 fully saturated rings. The third kappa shape index (κ3) is 2.49. The second kappa shape index (κ2) is 4.94. The summed E-state index contributed by atoms with van der Waals surface area (Å²) in [6.07, 6.45) is 0.647. The Kier molecular flexibility index (Phi) is 3.37. The molecule has 1 nitrogen and oxygen atoms in total. The zero-order chi connectivity index (χ0) is 11.4. The molecule has 0 saturated carbocycles. The van der Waals surface area contributed by atoms with Crippen LogP contribution < -0.4 is 0 Å². The Morgan fingerprint density at radius 1 is 1.25 bits per heavy atom. The first-order valence-corrected chi connectivity index (χ1v) is 5.79. The van der Waals surface area contributed by atoms with Gasteiger partial charge in [-0.15, -0.1) is 11.3 Å². The van der Waals surface area contributed by atoms with E-state index in [2.05, 4.69) is 0 Å². The summed E-state index contributed by atoms with van der Waals surface area (Å²) in [5.74, 6) is -0.524. The molecule has 0 aliphatic carbocycles. The van der Waals surface area contributed by atoms with Crippen LogP contribution in [0, 0.1) is 0 Å². The van der Waals surface area contributed by atoms with Crippen LogP contribution in [-0.2, 0) is 6.42 Å². The molecule has 0 bridgehead atoms. The molecule has 2 rings (SSSR count). The molecule has 0 atom stereocenters. The number of hydrogen-bond donors (Lipinski definition) is 1. The third-order valence-electron chi connectivity index (χ3n) is 2.27. The van der Waals surface area contributed by atoms with Gasteiger partial charge in [0.2, 0.25) is 0 Å². The minimum atomic E-state index is -0.524. The molecule has 1 heterocycles. The SMILES string of the molecule is O/C=C(\F)Cc1ccc(-c2cccs2)cc1. The van der Waals surface area contributed by atoms with Crippen LogP contribution in [0.2, 0.25) is 0 Å². The summed E-state index contributed by atoms with van der Waals surface area (Å²) < 4.78 is 12.8.